The SMILES string of the molecule is O=C(/C=C/c1ccccc1)Nc1ccc(Cl)c2ncsc12. The number of halogens is 1. The number of carbonyl (C=O) groups excluding carboxylic acids is 1. The Bertz CT molecular complexity index is 812. The Kier molecular flexibility index (Phi) is 3.99. The van der Waals surface area contributed by atoms with Crippen LogP contribution in [0, 0.1) is 0 Å². The van der Waals surface area contributed by atoms with Crippen molar-refractivity contribution in [3.05, 3.63) is 64.6 Å². The zero-order valence-corrected chi connectivity index (χ0v) is 12.5. The van der Waals surface area contributed by atoms with E-state index in [4.69, 9.17) is 11.6 Å². The highest BCUT2D eigenvalue weighted by Gasteiger charge is 2.08. The van der Waals surface area contributed by atoms with Crippen molar-refractivity contribution in [1.82, 2.24) is 4.98 Å². The Hall–Kier alpha value is -2.17. The van der Waals surface area contributed by atoms with Gasteiger partial charge in [0, 0.05) is 6.08 Å². The Labute approximate surface area is 130 Å². The number of amides is 1. The second-order valence-corrected chi connectivity index (χ2v) is 5.62. The Morgan fingerprint density at radius 2 is 2.00 bits per heavy atom. The van der Waals surface area contributed by atoms with Crippen LogP contribution in [0.4, 0.5) is 5.69 Å². The average molecular weight is 315 g/mol. The van der Waals surface area contributed by atoms with Crippen molar-refractivity contribution in [2.24, 2.45) is 0 Å². The normalized spacial score (nSPS) is 11.1. The maximum Gasteiger partial charge on any atom is 0.248 e. The number of hydrogen-bond acceptors (Lipinski definition) is 3. The van der Waals surface area contributed by atoms with E-state index in [0.29, 0.717) is 10.5 Å². The quantitative estimate of drug-likeness (QED) is 0.718. The fourth-order valence-corrected chi connectivity index (χ4v) is 2.97. The Morgan fingerprint density at radius 1 is 1.19 bits per heavy atom. The van der Waals surface area contributed by atoms with E-state index in [1.54, 1.807) is 23.7 Å². The molecule has 0 bridgehead atoms. The van der Waals surface area contributed by atoms with Crippen LogP contribution in [-0.2, 0) is 4.79 Å². The van der Waals surface area contributed by atoms with Crippen LogP contribution in [0.5, 0.6) is 0 Å². The molecule has 1 amide bonds. The molecule has 0 saturated carbocycles. The van der Waals surface area contributed by atoms with Gasteiger partial charge in [0.15, 0.2) is 0 Å². The molecule has 0 unspecified atom stereocenters. The van der Waals surface area contributed by atoms with Crippen LogP contribution in [0.15, 0.2) is 54.1 Å². The monoisotopic (exact) mass is 314 g/mol. The molecule has 0 aliphatic heterocycles. The number of benzene rings is 2. The third-order valence-corrected chi connectivity index (χ3v) is 4.08. The summed E-state index contributed by atoms with van der Waals surface area (Å²) in [7, 11) is 0. The summed E-state index contributed by atoms with van der Waals surface area (Å²) < 4.78 is 0.879. The molecule has 2 aromatic carbocycles. The van der Waals surface area contributed by atoms with E-state index in [-0.39, 0.29) is 5.91 Å². The van der Waals surface area contributed by atoms with Crippen LogP contribution in [0.2, 0.25) is 5.02 Å². The maximum atomic E-state index is 12.0. The molecule has 0 aliphatic carbocycles. The third-order valence-electron chi connectivity index (χ3n) is 2.92. The van der Waals surface area contributed by atoms with Crippen LogP contribution in [0.25, 0.3) is 16.3 Å². The van der Waals surface area contributed by atoms with Gasteiger partial charge in [0.1, 0.15) is 5.52 Å². The smallest absolute Gasteiger partial charge is 0.248 e. The molecule has 3 nitrogen and oxygen atoms in total. The van der Waals surface area contributed by atoms with Crippen molar-refractivity contribution in [2.75, 3.05) is 5.32 Å². The number of carbonyl (C=O) groups is 1. The van der Waals surface area contributed by atoms with Crippen molar-refractivity contribution >= 4 is 50.8 Å². The summed E-state index contributed by atoms with van der Waals surface area (Å²) in [5.41, 5.74) is 4.13. The number of nitrogens with one attached hydrogen (secondary N) is 1. The molecule has 21 heavy (non-hydrogen) atoms. The van der Waals surface area contributed by atoms with Crippen LogP contribution < -0.4 is 5.32 Å². The van der Waals surface area contributed by atoms with Gasteiger partial charge in [-0.1, -0.05) is 41.9 Å². The predicted molar refractivity (Wildman–Crippen MR) is 88.7 cm³/mol. The second kappa shape index (κ2) is 6.08. The largest absolute Gasteiger partial charge is 0.321 e. The molecule has 0 radical (unpaired) electrons. The topological polar surface area (TPSA) is 42.0 Å². The fraction of sp³-hybridized carbons (Fsp3) is 0. The van der Waals surface area contributed by atoms with Crippen LogP contribution in [-0.4, -0.2) is 10.9 Å². The molecule has 0 spiro atoms. The number of rotatable bonds is 3. The van der Waals surface area contributed by atoms with E-state index in [1.165, 1.54) is 17.4 Å². The summed E-state index contributed by atoms with van der Waals surface area (Å²) in [5, 5.41) is 3.44. The highest BCUT2D eigenvalue weighted by molar-refractivity contribution is 7.17. The van der Waals surface area contributed by atoms with Crippen molar-refractivity contribution < 1.29 is 4.79 Å². The lowest BCUT2D eigenvalue weighted by molar-refractivity contribution is -0.111. The van der Waals surface area contributed by atoms with Gasteiger partial charge in [0.25, 0.3) is 0 Å². The molecule has 1 N–H and O–H groups in total. The molecule has 0 saturated heterocycles. The first-order valence-electron chi connectivity index (χ1n) is 6.30. The molecule has 0 atom stereocenters. The van der Waals surface area contributed by atoms with Crippen molar-refractivity contribution in [3.63, 3.8) is 0 Å². The second-order valence-electron chi connectivity index (χ2n) is 4.36. The third kappa shape index (κ3) is 3.12. The summed E-state index contributed by atoms with van der Waals surface area (Å²) >= 11 is 7.52. The number of aromatic nitrogens is 1. The average Bonchev–Trinajstić information content (AvgIpc) is 3.00. The number of hydrogen-bond donors (Lipinski definition) is 1. The molecule has 1 aromatic heterocycles. The molecular formula is C16H11ClN2OS. The minimum atomic E-state index is -0.184. The van der Waals surface area contributed by atoms with Gasteiger partial charge in [-0.3, -0.25) is 4.79 Å². The molecule has 104 valence electrons. The van der Waals surface area contributed by atoms with Crippen molar-refractivity contribution in [2.45, 2.75) is 0 Å². The molecule has 0 aliphatic rings. The highest BCUT2D eigenvalue weighted by Crippen LogP contribution is 2.31. The van der Waals surface area contributed by atoms with Gasteiger partial charge >= 0.3 is 0 Å². The Balaban J connectivity index is 1.79. The number of anilines is 1. The van der Waals surface area contributed by atoms with Gasteiger partial charge < -0.3 is 5.32 Å². The van der Waals surface area contributed by atoms with Crippen LogP contribution in [0.1, 0.15) is 5.56 Å². The number of fused-ring (bicyclic) bond motifs is 1. The summed E-state index contributed by atoms with van der Waals surface area (Å²) in [6.45, 7) is 0. The molecular weight excluding hydrogens is 304 g/mol. The van der Waals surface area contributed by atoms with Crippen molar-refractivity contribution in [3.8, 4) is 0 Å². The van der Waals surface area contributed by atoms with Crippen LogP contribution >= 0.6 is 22.9 Å². The maximum absolute atomic E-state index is 12.0. The lowest BCUT2D eigenvalue weighted by Gasteiger charge is -2.04. The molecule has 0 fully saturated rings. The van der Waals surface area contributed by atoms with E-state index in [1.807, 2.05) is 30.3 Å². The summed E-state index contributed by atoms with van der Waals surface area (Å²) in [6.07, 6.45) is 3.28. The zero-order valence-electron chi connectivity index (χ0n) is 10.9. The van der Waals surface area contributed by atoms with Crippen molar-refractivity contribution in [1.29, 1.82) is 0 Å². The van der Waals surface area contributed by atoms with E-state index in [0.717, 1.165) is 16.0 Å². The standard InChI is InChI=1S/C16H11ClN2OS/c17-12-7-8-13(16-15(12)18-10-21-16)19-14(20)9-6-11-4-2-1-3-5-11/h1-10H,(H,19,20)/b9-6+. The Morgan fingerprint density at radius 3 is 2.81 bits per heavy atom. The lowest BCUT2D eigenvalue weighted by atomic mass is 10.2. The minimum Gasteiger partial charge on any atom is -0.321 e. The van der Waals surface area contributed by atoms with Crippen LogP contribution in [0.3, 0.4) is 0 Å². The van der Waals surface area contributed by atoms with Gasteiger partial charge in [0.2, 0.25) is 5.91 Å². The van der Waals surface area contributed by atoms with E-state index in [9.17, 15) is 4.79 Å². The number of nitrogens with zero attached hydrogens (tertiary/aromatic N) is 1. The first-order valence-corrected chi connectivity index (χ1v) is 7.55. The number of thiazole rings is 1. The van der Waals surface area contributed by atoms with Gasteiger partial charge in [-0.25, -0.2) is 4.98 Å². The van der Waals surface area contributed by atoms with Gasteiger partial charge in [-0.05, 0) is 23.8 Å². The molecule has 1 heterocycles. The lowest BCUT2D eigenvalue weighted by Crippen LogP contribution is -2.07. The van der Waals surface area contributed by atoms with E-state index < -0.39 is 0 Å². The predicted octanol–water partition coefficient (Wildman–Crippen LogP) is 4.60. The molecule has 5 heteroatoms. The van der Waals surface area contributed by atoms with E-state index >= 15 is 0 Å². The fourth-order valence-electron chi connectivity index (χ4n) is 1.93. The molecule has 3 rings (SSSR count). The first-order chi connectivity index (χ1) is 10.2. The zero-order chi connectivity index (χ0) is 14.7. The highest BCUT2D eigenvalue weighted by atomic mass is 35.5. The summed E-state index contributed by atoms with van der Waals surface area (Å²) in [6, 6.07) is 13.2. The summed E-state index contributed by atoms with van der Waals surface area (Å²) in [4.78, 5) is 16.2. The first kappa shape index (κ1) is 13.8. The summed E-state index contributed by atoms with van der Waals surface area (Å²) in [5.74, 6) is -0.184. The van der Waals surface area contributed by atoms with E-state index in [2.05, 4.69) is 10.3 Å². The van der Waals surface area contributed by atoms with Gasteiger partial charge in [0.05, 0.1) is 20.9 Å². The van der Waals surface area contributed by atoms with Gasteiger partial charge in [-0.2, -0.15) is 0 Å². The minimum absolute atomic E-state index is 0.184. The van der Waals surface area contributed by atoms with Gasteiger partial charge in [-0.15, -0.1) is 11.3 Å². The molecule has 3 aromatic rings.